The number of aromatic nitrogens is 3. The molecular weight excluding hydrogens is 429 g/mol. The third-order valence-corrected chi connectivity index (χ3v) is 4.56. The number of halogens is 1. The van der Waals surface area contributed by atoms with Crippen LogP contribution in [0.25, 0.3) is 16.5 Å². The van der Waals surface area contributed by atoms with E-state index in [1.807, 2.05) is 4.57 Å². The van der Waals surface area contributed by atoms with E-state index in [1.54, 1.807) is 0 Å². The summed E-state index contributed by atoms with van der Waals surface area (Å²) < 4.78 is 2.51. The molecule has 4 rings (SSSR count). The molecule has 6 nitrogen and oxygen atoms in total. The number of nitrogens with zero attached hydrogens (tertiary/aromatic N) is 3. The maximum absolute atomic E-state index is 9.00. The maximum Gasteiger partial charge on any atom is 1.00 e. The molecule has 3 N–H and O–H groups in total. The van der Waals surface area contributed by atoms with E-state index in [1.165, 1.54) is 29.2 Å². The van der Waals surface area contributed by atoms with Crippen molar-refractivity contribution in [1.82, 2.24) is 14.8 Å². The molecule has 1 heterocycles. The monoisotopic (exact) mass is 445 g/mol. The van der Waals surface area contributed by atoms with Gasteiger partial charge in [0.05, 0.1) is 5.69 Å². The summed E-state index contributed by atoms with van der Waals surface area (Å²) in [6.45, 7) is 1.08. The Morgan fingerprint density at radius 3 is 2.27 bits per heavy atom. The zero-order valence-corrected chi connectivity index (χ0v) is 18.8. The van der Waals surface area contributed by atoms with Crippen molar-refractivity contribution < 1.29 is 44.9 Å². The Morgan fingerprint density at radius 2 is 1.77 bits per heavy atom. The van der Waals surface area contributed by atoms with Crippen molar-refractivity contribution in [3.8, 4) is 5.69 Å². The standard InChI is InChI=1S/C15H12BrN3S.C2H4O2.Na.H2O/c16-14-17-18-15(20)19(14)13-8-7-10(9-5-6-9)11-3-1-2-4-12(11)13;1-2(3)4;;/h1-4,7-9H,5-6H2,(H,18,20);1H3,(H,3,4);;1H2/q;;+1;/p-1. The van der Waals surface area contributed by atoms with Gasteiger partial charge in [0.25, 0.3) is 5.97 Å². The van der Waals surface area contributed by atoms with E-state index in [2.05, 4.69) is 62.5 Å². The van der Waals surface area contributed by atoms with Crippen molar-refractivity contribution >= 4 is 45.3 Å². The third-order valence-electron chi connectivity index (χ3n) is 3.79. The summed E-state index contributed by atoms with van der Waals surface area (Å²) in [7, 11) is 0. The van der Waals surface area contributed by atoms with Crippen molar-refractivity contribution in [2.24, 2.45) is 0 Å². The Morgan fingerprint density at radius 1 is 1.19 bits per heavy atom. The molecule has 1 aliphatic rings. The Kier molecular flexibility index (Phi) is 8.65. The summed E-state index contributed by atoms with van der Waals surface area (Å²) in [4.78, 5) is 9.00. The Bertz CT molecular complexity index is 892. The summed E-state index contributed by atoms with van der Waals surface area (Å²) >= 11 is 8.70. The van der Waals surface area contributed by atoms with Gasteiger partial charge in [0.15, 0.2) is 0 Å². The van der Waals surface area contributed by atoms with Crippen molar-refractivity contribution in [3.63, 3.8) is 0 Å². The van der Waals surface area contributed by atoms with Crippen LogP contribution in [0.2, 0.25) is 0 Å². The molecule has 1 fully saturated rings. The van der Waals surface area contributed by atoms with Crippen LogP contribution >= 0.6 is 15.9 Å². The minimum absolute atomic E-state index is 0. The Labute approximate surface area is 187 Å². The fraction of sp³-hybridized carbons (Fsp3) is 0.235. The van der Waals surface area contributed by atoms with Gasteiger partial charge in [0.1, 0.15) is 0 Å². The fourth-order valence-electron chi connectivity index (χ4n) is 2.71. The first-order chi connectivity index (χ1) is 11.5. The number of rotatable bonds is 2. The van der Waals surface area contributed by atoms with Gasteiger partial charge >= 0.3 is 29.6 Å². The summed E-state index contributed by atoms with van der Waals surface area (Å²) in [6, 6.07) is 12.8. The van der Waals surface area contributed by atoms with E-state index in [0.717, 1.165) is 18.5 Å². The second-order valence-electron chi connectivity index (χ2n) is 5.60. The fourth-order valence-corrected chi connectivity index (χ4v) is 3.49. The number of carbonyl (C=O) groups is 1. The van der Waals surface area contributed by atoms with Gasteiger partial charge in [-0.05, 0) is 51.7 Å². The largest absolute Gasteiger partial charge is 1.00 e. The average Bonchev–Trinajstić information content (AvgIpc) is 3.32. The molecule has 1 aromatic heterocycles. The van der Waals surface area contributed by atoms with Gasteiger partial charge in [-0.15, -0.1) is 5.10 Å². The van der Waals surface area contributed by atoms with Crippen LogP contribution in [0.1, 0.15) is 31.2 Å². The van der Waals surface area contributed by atoms with Gasteiger partial charge in [-0.3, -0.25) is 9.36 Å². The maximum atomic E-state index is 9.00. The van der Waals surface area contributed by atoms with E-state index in [-0.39, 0.29) is 35.0 Å². The first-order valence-electron chi connectivity index (χ1n) is 7.48. The van der Waals surface area contributed by atoms with Gasteiger partial charge in [-0.2, -0.15) is 5.10 Å². The average molecular weight is 446 g/mol. The molecule has 0 amide bonds. The van der Waals surface area contributed by atoms with E-state index in [4.69, 9.17) is 22.5 Å². The number of hydrogen-bond acceptors (Lipinski definition) is 4. The predicted molar refractivity (Wildman–Crippen MR) is 101 cm³/mol. The molecule has 0 bridgehead atoms. The summed E-state index contributed by atoms with van der Waals surface area (Å²) in [5.74, 6) is -0.110. The SMILES string of the molecule is CC(=O)O.O.[Na+].[S-]c1nnc(Br)n1-c1ccc(C2CC2)c2ccccc12. The minimum atomic E-state index is -0.833. The van der Waals surface area contributed by atoms with Crippen LogP contribution in [0.3, 0.4) is 0 Å². The molecular formula is C17H17BrN3NaO3S. The predicted octanol–water partition coefficient (Wildman–Crippen LogP) is 0.236. The molecule has 26 heavy (non-hydrogen) atoms. The van der Waals surface area contributed by atoms with Crippen LogP contribution in [0.15, 0.2) is 46.3 Å². The normalized spacial score (nSPS) is 12.4. The number of fused-ring (bicyclic) bond motifs is 1. The zero-order valence-electron chi connectivity index (χ0n) is 14.4. The van der Waals surface area contributed by atoms with Crippen molar-refractivity contribution in [2.45, 2.75) is 30.8 Å². The first kappa shape index (κ1) is 23.0. The molecule has 132 valence electrons. The van der Waals surface area contributed by atoms with Gasteiger partial charge in [0.2, 0.25) is 4.73 Å². The van der Waals surface area contributed by atoms with Crippen LogP contribution in [0, 0.1) is 0 Å². The Balaban J connectivity index is 0.000000516. The van der Waals surface area contributed by atoms with Crippen LogP contribution in [-0.4, -0.2) is 31.3 Å². The van der Waals surface area contributed by atoms with E-state index >= 15 is 0 Å². The topological polar surface area (TPSA) is 99.5 Å². The molecule has 3 aromatic rings. The first-order valence-corrected chi connectivity index (χ1v) is 8.68. The summed E-state index contributed by atoms with van der Waals surface area (Å²) in [5.41, 5.74) is 2.48. The molecule has 0 saturated heterocycles. The van der Waals surface area contributed by atoms with Gasteiger partial charge in [0, 0.05) is 17.5 Å². The molecule has 9 heteroatoms. The van der Waals surface area contributed by atoms with Crippen LogP contribution < -0.4 is 29.6 Å². The number of carboxylic acids is 1. The van der Waals surface area contributed by atoms with Crippen LogP contribution in [0.5, 0.6) is 0 Å². The van der Waals surface area contributed by atoms with E-state index < -0.39 is 5.97 Å². The quantitative estimate of drug-likeness (QED) is 0.449. The second kappa shape index (κ2) is 9.77. The molecule has 1 saturated carbocycles. The molecule has 2 aromatic carbocycles. The van der Waals surface area contributed by atoms with Gasteiger partial charge in [-0.25, -0.2) is 0 Å². The molecule has 0 spiro atoms. The summed E-state index contributed by atoms with van der Waals surface area (Å²) in [5, 5.41) is 18.3. The van der Waals surface area contributed by atoms with Crippen LogP contribution in [0.4, 0.5) is 0 Å². The Hall–Kier alpha value is -1.03. The second-order valence-corrected chi connectivity index (χ2v) is 6.67. The molecule has 1 aliphatic carbocycles. The number of aliphatic carboxylic acids is 1. The minimum Gasteiger partial charge on any atom is -0.740 e. The van der Waals surface area contributed by atoms with Crippen molar-refractivity contribution in [3.05, 3.63) is 46.7 Å². The smallest absolute Gasteiger partial charge is 0.740 e. The molecule has 0 radical (unpaired) electrons. The van der Waals surface area contributed by atoms with Crippen molar-refractivity contribution in [1.29, 1.82) is 0 Å². The molecule has 0 aliphatic heterocycles. The third kappa shape index (κ3) is 5.03. The number of benzene rings is 2. The molecule has 0 atom stereocenters. The van der Waals surface area contributed by atoms with Gasteiger partial charge in [-0.1, -0.05) is 30.3 Å². The molecule has 0 unspecified atom stereocenters. The zero-order chi connectivity index (χ0) is 17.3. The number of carboxylic acid groups (broad SMARTS) is 1. The van der Waals surface area contributed by atoms with E-state index in [9.17, 15) is 0 Å². The van der Waals surface area contributed by atoms with Crippen molar-refractivity contribution in [2.75, 3.05) is 0 Å². The summed E-state index contributed by atoms with van der Waals surface area (Å²) in [6.07, 6.45) is 2.60. The van der Waals surface area contributed by atoms with E-state index in [0.29, 0.717) is 9.89 Å². The van der Waals surface area contributed by atoms with Crippen LogP contribution in [-0.2, 0) is 17.4 Å². The van der Waals surface area contributed by atoms with Gasteiger partial charge < -0.3 is 23.2 Å². The number of hydrogen-bond donors (Lipinski definition) is 1.